The molecule has 3 heterocycles. The number of H-pyrrole nitrogens is 1. The van der Waals surface area contributed by atoms with Gasteiger partial charge in [-0.05, 0) is 43.0 Å². The van der Waals surface area contributed by atoms with Crippen molar-refractivity contribution in [2.24, 2.45) is 27.7 Å². The zero-order chi connectivity index (χ0) is 18.4. The molecular weight excluding hydrogens is 334 g/mol. The van der Waals surface area contributed by atoms with Crippen LogP contribution in [0.4, 0.5) is 0 Å². The monoisotopic (exact) mass is 361 g/mol. The summed E-state index contributed by atoms with van der Waals surface area (Å²) in [5.41, 5.74) is 9.89. The standard InChI is InChI=1S/C22H27N5/c1-2-14-9-12-25-22(23)19-20(16-7-8-18-15(13-16)10-11-24-18)26-27(21(14)19)17-5-3-4-6-17/h7-14,17,19,21,24H,2-6H2,1H3,(H2,23,25). The van der Waals surface area contributed by atoms with E-state index in [9.17, 15) is 0 Å². The average Bonchev–Trinajstić information content (AvgIpc) is 3.41. The minimum Gasteiger partial charge on any atom is -0.387 e. The molecule has 3 N–H and O–H groups in total. The molecule has 1 saturated carbocycles. The zero-order valence-electron chi connectivity index (χ0n) is 15.8. The molecule has 0 radical (unpaired) electrons. The Morgan fingerprint density at radius 3 is 2.89 bits per heavy atom. The van der Waals surface area contributed by atoms with Crippen LogP contribution in [0.3, 0.4) is 0 Å². The summed E-state index contributed by atoms with van der Waals surface area (Å²) in [6.45, 7) is 2.25. The Labute approximate surface area is 160 Å². The number of hydrogen-bond acceptors (Lipinski definition) is 4. The Balaban J connectivity index is 1.62. The number of hydrogen-bond donors (Lipinski definition) is 2. The molecular formula is C22H27N5. The fourth-order valence-corrected chi connectivity index (χ4v) is 5.08. The van der Waals surface area contributed by atoms with Gasteiger partial charge in [-0.2, -0.15) is 5.10 Å². The van der Waals surface area contributed by atoms with Gasteiger partial charge < -0.3 is 10.7 Å². The number of nitrogens with one attached hydrogen (secondary N) is 1. The molecule has 0 amide bonds. The van der Waals surface area contributed by atoms with Crippen molar-refractivity contribution in [2.75, 3.05) is 0 Å². The minimum absolute atomic E-state index is 0.0574. The van der Waals surface area contributed by atoms with Crippen LogP contribution in [0, 0.1) is 11.8 Å². The number of benzene rings is 1. The molecule has 0 spiro atoms. The second-order valence-corrected chi connectivity index (χ2v) is 8.02. The van der Waals surface area contributed by atoms with Crippen molar-refractivity contribution in [1.82, 2.24) is 9.99 Å². The number of hydrazone groups is 1. The fourth-order valence-electron chi connectivity index (χ4n) is 5.08. The van der Waals surface area contributed by atoms with Gasteiger partial charge in [0.15, 0.2) is 0 Å². The number of fused-ring (bicyclic) bond motifs is 2. The molecule has 1 aromatic carbocycles. The summed E-state index contributed by atoms with van der Waals surface area (Å²) < 4.78 is 0. The topological polar surface area (TPSA) is 69.8 Å². The molecule has 2 aromatic rings. The van der Waals surface area contributed by atoms with Crippen LogP contribution in [0.15, 0.2) is 52.8 Å². The van der Waals surface area contributed by atoms with Gasteiger partial charge in [0.05, 0.1) is 17.7 Å². The number of nitrogens with two attached hydrogens (primary N) is 1. The smallest absolute Gasteiger partial charge is 0.110 e. The van der Waals surface area contributed by atoms with Crippen LogP contribution in [0.25, 0.3) is 10.9 Å². The lowest BCUT2D eigenvalue weighted by Gasteiger charge is -2.35. The Bertz CT molecular complexity index is 931. The normalized spacial score (nSPS) is 28.3. The van der Waals surface area contributed by atoms with Crippen LogP contribution >= 0.6 is 0 Å². The maximum Gasteiger partial charge on any atom is 0.110 e. The lowest BCUT2D eigenvalue weighted by atomic mass is 9.81. The van der Waals surface area contributed by atoms with E-state index in [0.29, 0.717) is 17.8 Å². The quantitative estimate of drug-likeness (QED) is 0.867. The van der Waals surface area contributed by atoms with E-state index in [1.165, 1.54) is 31.1 Å². The Morgan fingerprint density at radius 1 is 1.22 bits per heavy atom. The predicted octanol–water partition coefficient (Wildman–Crippen LogP) is 4.03. The summed E-state index contributed by atoms with van der Waals surface area (Å²) in [7, 11) is 0. The van der Waals surface area contributed by atoms with Crippen LogP contribution in [0.2, 0.25) is 0 Å². The van der Waals surface area contributed by atoms with Gasteiger partial charge >= 0.3 is 0 Å². The van der Waals surface area contributed by atoms with Crippen molar-refractivity contribution in [3.05, 3.63) is 48.3 Å². The number of aromatic nitrogens is 1. The summed E-state index contributed by atoms with van der Waals surface area (Å²) in [4.78, 5) is 7.83. The van der Waals surface area contributed by atoms with E-state index in [1.54, 1.807) is 0 Å². The van der Waals surface area contributed by atoms with E-state index < -0.39 is 0 Å². The van der Waals surface area contributed by atoms with Gasteiger partial charge in [-0.25, -0.2) is 4.99 Å². The Kier molecular flexibility index (Phi) is 4.03. The highest BCUT2D eigenvalue weighted by atomic mass is 15.5. The highest BCUT2D eigenvalue weighted by Gasteiger charge is 2.46. The maximum atomic E-state index is 6.50. The number of rotatable bonds is 3. The molecule has 0 saturated heterocycles. The van der Waals surface area contributed by atoms with Gasteiger partial charge in [0.25, 0.3) is 0 Å². The third kappa shape index (κ3) is 2.68. The zero-order valence-corrected chi connectivity index (χ0v) is 15.8. The van der Waals surface area contributed by atoms with Crippen LogP contribution in [0.1, 0.15) is 44.6 Å². The molecule has 27 heavy (non-hydrogen) atoms. The summed E-state index contributed by atoms with van der Waals surface area (Å²) in [6.07, 6.45) is 12.3. The SMILES string of the molecule is CCC1C=CN=C(N)C2C(c3ccc4[nH]ccc4c3)=NN(C3CCCC3)C12. The number of nitrogens with zero attached hydrogens (tertiary/aromatic N) is 3. The third-order valence-corrected chi connectivity index (χ3v) is 6.50. The van der Waals surface area contributed by atoms with Gasteiger partial charge in [-0.1, -0.05) is 31.9 Å². The number of aliphatic imine (C=N–C) groups is 1. The minimum atomic E-state index is 0.0574. The highest BCUT2D eigenvalue weighted by Crippen LogP contribution is 2.39. The van der Waals surface area contributed by atoms with E-state index in [2.05, 4.69) is 52.3 Å². The second kappa shape index (κ2) is 6.55. The molecule has 1 fully saturated rings. The van der Waals surface area contributed by atoms with Crippen molar-refractivity contribution in [3.63, 3.8) is 0 Å². The van der Waals surface area contributed by atoms with Crippen molar-refractivity contribution < 1.29 is 0 Å². The first-order valence-electron chi connectivity index (χ1n) is 10.2. The fraction of sp³-hybridized carbons (Fsp3) is 0.455. The van der Waals surface area contributed by atoms with E-state index in [4.69, 9.17) is 10.8 Å². The van der Waals surface area contributed by atoms with E-state index in [-0.39, 0.29) is 12.0 Å². The van der Waals surface area contributed by atoms with Gasteiger partial charge in [-0.3, -0.25) is 5.01 Å². The summed E-state index contributed by atoms with van der Waals surface area (Å²) in [5, 5.41) is 8.82. The van der Waals surface area contributed by atoms with Crippen molar-refractivity contribution in [2.45, 2.75) is 51.1 Å². The van der Waals surface area contributed by atoms with Gasteiger partial charge in [0.2, 0.25) is 0 Å². The molecule has 3 atom stereocenters. The van der Waals surface area contributed by atoms with Crippen LogP contribution in [-0.4, -0.2) is 33.6 Å². The van der Waals surface area contributed by atoms with Gasteiger partial charge in [0.1, 0.15) is 5.84 Å². The van der Waals surface area contributed by atoms with E-state index in [0.717, 1.165) is 23.2 Å². The summed E-state index contributed by atoms with van der Waals surface area (Å²) in [5.74, 6) is 1.17. The Hall–Kier alpha value is -2.56. The van der Waals surface area contributed by atoms with E-state index in [1.807, 2.05) is 12.4 Å². The average molecular weight is 361 g/mol. The van der Waals surface area contributed by atoms with Gasteiger partial charge in [-0.15, -0.1) is 0 Å². The van der Waals surface area contributed by atoms with Crippen molar-refractivity contribution in [3.8, 4) is 0 Å². The number of aromatic amines is 1. The molecule has 5 rings (SSSR count). The molecule has 0 bridgehead atoms. The van der Waals surface area contributed by atoms with Crippen LogP contribution in [-0.2, 0) is 0 Å². The Morgan fingerprint density at radius 2 is 2.07 bits per heavy atom. The van der Waals surface area contributed by atoms with Crippen molar-refractivity contribution in [1.29, 1.82) is 0 Å². The largest absolute Gasteiger partial charge is 0.387 e. The van der Waals surface area contributed by atoms with E-state index >= 15 is 0 Å². The molecule has 3 unspecified atom stereocenters. The molecule has 140 valence electrons. The second-order valence-electron chi connectivity index (χ2n) is 8.02. The lowest BCUT2D eigenvalue weighted by Crippen LogP contribution is -2.47. The van der Waals surface area contributed by atoms with Crippen molar-refractivity contribution >= 4 is 22.5 Å². The summed E-state index contributed by atoms with van der Waals surface area (Å²) >= 11 is 0. The maximum absolute atomic E-state index is 6.50. The number of amidine groups is 1. The molecule has 1 aromatic heterocycles. The predicted molar refractivity (Wildman–Crippen MR) is 111 cm³/mol. The van der Waals surface area contributed by atoms with Crippen LogP contribution in [0.5, 0.6) is 0 Å². The highest BCUT2D eigenvalue weighted by molar-refractivity contribution is 6.16. The molecule has 5 heteroatoms. The third-order valence-electron chi connectivity index (χ3n) is 6.50. The molecule has 5 nitrogen and oxygen atoms in total. The lowest BCUT2D eigenvalue weighted by molar-refractivity contribution is 0.120. The van der Waals surface area contributed by atoms with Gasteiger partial charge in [0, 0.05) is 35.3 Å². The van der Waals surface area contributed by atoms with Crippen LogP contribution < -0.4 is 5.73 Å². The summed E-state index contributed by atoms with van der Waals surface area (Å²) in [6, 6.07) is 9.45. The first-order valence-corrected chi connectivity index (χ1v) is 10.2. The molecule has 2 aliphatic heterocycles. The molecule has 3 aliphatic rings. The first kappa shape index (κ1) is 16.6. The molecule has 1 aliphatic carbocycles. The first-order chi connectivity index (χ1) is 13.3.